The summed E-state index contributed by atoms with van der Waals surface area (Å²) in [7, 11) is 1.65. The molecule has 0 fully saturated rings. The molecule has 0 aliphatic rings. The lowest BCUT2D eigenvalue weighted by Crippen LogP contribution is -2.20. The number of hydrogen-bond donors (Lipinski definition) is 0. The van der Waals surface area contributed by atoms with E-state index in [9.17, 15) is 4.79 Å². The molecule has 0 spiro atoms. The fourth-order valence-electron chi connectivity index (χ4n) is 2.84. The van der Waals surface area contributed by atoms with Crippen molar-refractivity contribution in [2.24, 2.45) is 0 Å². The monoisotopic (exact) mass is 323 g/mol. The van der Waals surface area contributed by atoms with Crippen molar-refractivity contribution in [3.63, 3.8) is 0 Å². The van der Waals surface area contributed by atoms with Gasteiger partial charge >= 0.3 is 5.97 Å². The SMILES string of the molecule is CCC(C(=O)OCc1ccccc1)n1ccc2cc(OC)ccc21. The number of nitrogens with zero attached hydrogens (tertiary/aromatic N) is 1. The molecule has 24 heavy (non-hydrogen) atoms. The minimum Gasteiger partial charge on any atom is -0.497 e. The summed E-state index contributed by atoms with van der Waals surface area (Å²) < 4.78 is 12.7. The molecule has 0 aliphatic carbocycles. The highest BCUT2D eigenvalue weighted by Gasteiger charge is 2.21. The van der Waals surface area contributed by atoms with Gasteiger partial charge in [0.05, 0.1) is 7.11 Å². The van der Waals surface area contributed by atoms with Gasteiger partial charge in [0.25, 0.3) is 0 Å². The van der Waals surface area contributed by atoms with Crippen molar-refractivity contribution in [1.29, 1.82) is 0 Å². The van der Waals surface area contributed by atoms with Crippen LogP contribution in [-0.4, -0.2) is 17.6 Å². The Hall–Kier alpha value is -2.75. The Morgan fingerprint density at radius 2 is 1.92 bits per heavy atom. The maximum absolute atomic E-state index is 12.5. The molecule has 4 nitrogen and oxygen atoms in total. The van der Waals surface area contributed by atoms with Crippen LogP contribution in [0, 0.1) is 0 Å². The van der Waals surface area contributed by atoms with Gasteiger partial charge in [0.1, 0.15) is 18.4 Å². The van der Waals surface area contributed by atoms with Crippen LogP contribution >= 0.6 is 0 Å². The maximum atomic E-state index is 12.5. The summed E-state index contributed by atoms with van der Waals surface area (Å²) >= 11 is 0. The normalized spacial score (nSPS) is 12.1. The Bertz CT molecular complexity index is 823. The van der Waals surface area contributed by atoms with Gasteiger partial charge in [-0.1, -0.05) is 37.3 Å². The number of aromatic nitrogens is 1. The topological polar surface area (TPSA) is 40.5 Å². The van der Waals surface area contributed by atoms with Crippen LogP contribution in [0.25, 0.3) is 10.9 Å². The van der Waals surface area contributed by atoms with E-state index in [4.69, 9.17) is 9.47 Å². The average molecular weight is 323 g/mol. The minimum atomic E-state index is -0.334. The highest BCUT2D eigenvalue weighted by atomic mass is 16.5. The Morgan fingerprint density at radius 3 is 2.62 bits per heavy atom. The Labute approximate surface area is 141 Å². The van der Waals surface area contributed by atoms with E-state index in [0.29, 0.717) is 13.0 Å². The van der Waals surface area contributed by atoms with E-state index in [1.807, 2.05) is 72.3 Å². The molecule has 0 N–H and O–H groups in total. The van der Waals surface area contributed by atoms with Crippen LogP contribution in [0.15, 0.2) is 60.8 Å². The zero-order valence-corrected chi connectivity index (χ0v) is 13.9. The fourth-order valence-corrected chi connectivity index (χ4v) is 2.84. The number of hydrogen-bond acceptors (Lipinski definition) is 3. The van der Waals surface area contributed by atoms with Crippen LogP contribution < -0.4 is 4.74 Å². The zero-order valence-electron chi connectivity index (χ0n) is 13.9. The van der Waals surface area contributed by atoms with Crippen LogP contribution in [0.3, 0.4) is 0 Å². The molecule has 0 amide bonds. The molecule has 1 unspecified atom stereocenters. The maximum Gasteiger partial charge on any atom is 0.329 e. The number of rotatable bonds is 6. The molecule has 3 rings (SSSR count). The molecule has 4 heteroatoms. The van der Waals surface area contributed by atoms with Crippen molar-refractivity contribution in [2.75, 3.05) is 7.11 Å². The van der Waals surface area contributed by atoms with Gasteiger partial charge in [-0.3, -0.25) is 0 Å². The molecule has 0 bridgehead atoms. The first-order valence-electron chi connectivity index (χ1n) is 8.08. The quantitative estimate of drug-likeness (QED) is 0.633. The second kappa shape index (κ2) is 7.21. The number of carbonyl (C=O) groups is 1. The second-order valence-electron chi connectivity index (χ2n) is 5.67. The molecule has 2 aromatic carbocycles. The molecule has 0 radical (unpaired) electrons. The molecule has 3 aromatic rings. The first-order valence-corrected chi connectivity index (χ1v) is 8.08. The van der Waals surface area contributed by atoms with E-state index < -0.39 is 0 Å². The molecule has 0 aliphatic heterocycles. The third-order valence-corrected chi connectivity index (χ3v) is 4.15. The average Bonchev–Trinajstić information content (AvgIpc) is 3.04. The Morgan fingerprint density at radius 1 is 1.12 bits per heavy atom. The highest BCUT2D eigenvalue weighted by Crippen LogP contribution is 2.26. The molecule has 1 atom stereocenters. The Kier molecular flexibility index (Phi) is 4.85. The fraction of sp³-hybridized carbons (Fsp3) is 0.250. The molecular formula is C20H21NO3. The number of fused-ring (bicyclic) bond motifs is 1. The van der Waals surface area contributed by atoms with E-state index in [1.165, 1.54) is 0 Å². The first kappa shape index (κ1) is 16.1. The summed E-state index contributed by atoms with van der Waals surface area (Å²) in [6.45, 7) is 2.28. The van der Waals surface area contributed by atoms with Crippen LogP contribution in [0.4, 0.5) is 0 Å². The van der Waals surface area contributed by atoms with Gasteiger partial charge in [0, 0.05) is 17.1 Å². The van der Waals surface area contributed by atoms with E-state index in [0.717, 1.165) is 22.2 Å². The third kappa shape index (κ3) is 3.27. The van der Waals surface area contributed by atoms with Gasteiger partial charge in [-0.15, -0.1) is 0 Å². The van der Waals surface area contributed by atoms with Gasteiger partial charge in [0.2, 0.25) is 0 Å². The van der Waals surface area contributed by atoms with Crippen LogP contribution in [-0.2, 0) is 16.1 Å². The summed E-state index contributed by atoms with van der Waals surface area (Å²) in [6.07, 6.45) is 2.60. The Balaban J connectivity index is 1.79. The molecule has 0 saturated heterocycles. The number of methoxy groups -OCH3 is 1. The minimum absolute atomic E-state index is 0.213. The van der Waals surface area contributed by atoms with Gasteiger partial charge < -0.3 is 14.0 Å². The summed E-state index contributed by atoms with van der Waals surface area (Å²) in [5.41, 5.74) is 1.99. The van der Waals surface area contributed by atoms with E-state index in [1.54, 1.807) is 7.11 Å². The van der Waals surface area contributed by atoms with E-state index in [2.05, 4.69) is 0 Å². The molecular weight excluding hydrogens is 302 g/mol. The van der Waals surface area contributed by atoms with Crippen molar-refractivity contribution >= 4 is 16.9 Å². The lowest BCUT2D eigenvalue weighted by molar-refractivity contribution is -0.149. The lowest BCUT2D eigenvalue weighted by Gasteiger charge is -2.17. The molecule has 124 valence electrons. The summed E-state index contributed by atoms with van der Waals surface area (Å²) in [6, 6.07) is 17.2. The summed E-state index contributed by atoms with van der Waals surface area (Å²) in [5.74, 6) is 0.592. The molecule has 0 saturated carbocycles. The summed E-state index contributed by atoms with van der Waals surface area (Å²) in [5, 5.41) is 1.05. The largest absolute Gasteiger partial charge is 0.497 e. The van der Waals surface area contributed by atoms with E-state index >= 15 is 0 Å². The van der Waals surface area contributed by atoms with Crippen LogP contribution in [0.5, 0.6) is 5.75 Å². The van der Waals surface area contributed by atoms with Gasteiger partial charge in [-0.25, -0.2) is 4.79 Å². The summed E-state index contributed by atoms with van der Waals surface area (Å²) in [4.78, 5) is 12.5. The standard InChI is InChI=1S/C20H21NO3/c1-3-18(20(22)24-14-15-7-5-4-6-8-15)21-12-11-16-13-17(23-2)9-10-19(16)21/h4-13,18H,3,14H2,1-2H3. The number of ether oxygens (including phenoxy) is 2. The van der Waals surface area contributed by atoms with Crippen molar-refractivity contribution in [3.05, 3.63) is 66.4 Å². The van der Waals surface area contributed by atoms with Gasteiger partial charge in [0.15, 0.2) is 0 Å². The van der Waals surface area contributed by atoms with E-state index in [-0.39, 0.29) is 12.0 Å². The predicted octanol–water partition coefficient (Wildman–Crippen LogP) is 4.34. The van der Waals surface area contributed by atoms with Gasteiger partial charge in [-0.2, -0.15) is 0 Å². The second-order valence-corrected chi connectivity index (χ2v) is 5.67. The third-order valence-electron chi connectivity index (χ3n) is 4.15. The van der Waals surface area contributed by atoms with Crippen molar-refractivity contribution in [1.82, 2.24) is 4.57 Å². The number of carbonyl (C=O) groups excluding carboxylic acids is 1. The van der Waals surface area contributed by atoms with Gasteiger partial charge in [-0.05, 0) is 36.2 Å². The van der Waals surface area contributed by atoms with Crippen LogP contribution in [0.1, 0.15) is 24.9 Å². The molecule has 1 aromatic heterocycles. The van der Waals surface area contributed by atoms with Crippen molar-refractivity contribution in [2.45, 2.75) is 26.0 Å². The van der Waals surface area contributed by atoms with Crippen LogP contribution in [0.2, 0.25) is 0 Å². The number of esters is 1. The number of benzene rings is 2. The smallest absolute Gasteiger partial charge is 0.329 e. The molecule has 1 heterocycles. The highest BCUT2D eigenvalue weighted by molar-refractivity contribution is 5.84. The first-order chi connectivity index (χ1) is 11.7. The zero-order chi connectivity index (χ0) is 16.9. The lowest BCUT2D eigenvalue weighted by atomic mass is 10.2. The van der Waals surface area contributed by atoms with Crippen molar-refractivity contribution < 1.29 is 14.3 Å². The van der Waals surface area contributed by atoms with Crippen molar-refractivity contribution in [3.8, 4) is 5.75 Å². The predicted molar refractivity (Wildman–Crippen MR) is 94.1 cm³/mol.